The first-order chi connectivity index (χ1) is 23.8. The quantitative estimate of drug-likeness (QED) is 0.0715. The number of carbonyl (C=O) groups excluding carboxylic acids is 5. The Bertz CT molecular complexity index is 1250. The minimum Gasteiger partial charge on any atom is -0.459 e. The Morgan fingerprint density at radius 1 is 0.596 bits per heavy atom. The minimum absolute atomic E-state index is 0.0262. The second-order valence-electron chi connectivity index (χ2n) is 15.7. The van der Waals surface area contributed by atoms with Gasteiger partial charge in [-0.25, -0.2) is 0 Å². The summed E-state index contributed by atoms with van der Waals surface area (Å²) in [6, 6.07) is 0. The molecule has 1 atom stereocenters. The highest BCUT2D eigenvalue weighted by molar-refractivity contribution is 7.87. The van der Waals surface area contributed by atoms with E-state index in [4.69, 9.17) is 14.2 Å². The molecule has 2 amide bonds. The molecule has 0 bridgehead atoms. The van der Waals surface area contributed by atoms with Gasteiger partial charge in [-0.1, -0.05) is 0 Å². The van der Waals surface area contributed by atoms with Crippen molar-refractivity contribution in [1.29, 1.82) is 0 Å². The Hall–Kier alpha value is -2.94. The van der Waals surface area contributed by atoms with Crippen LogP contribution in [0.3, 0.4) is 0 Å². The molecule has 1 aliphatic heterocycles. The van der Waals surface area contributed by atoms with Gasteiger partial charge in [0.25, 0.3) is 16.0 Å². The molecule has 4 N–H and O–H groups in total. The van der Waals surface area contributed by atoms with E-state index in [0.29, 0.717) is 32.7 Å². The lowest BCUT2D eigenvalue weighted by atomic mass is 10.2. The van der Waals surface area contributed by atoms with Crippen molar-refractivity contribution in [3.8, 4) is 0 Å². The molecule has 0 aromatic rings. The van der Waals surface area contributed by atoms with Crippen molar-refractivity contribution in [3.63, 3.8) is 0 Å². The highest BCUT2D eigenvalue weighted by Crippen LogP contribution is 2.11. The molecule has 1 aliphatic rings. The average Bonchev–Trinajstić information content (AvgIpc) is 2.93. The molecule has 0 radical (unpaired) electrons. The van der Waals surface area contributed by atoms with E-state index in [-0.39, 0.29) is 58.9 Å². The Labute approximate surface area is 309 Å². The van der Waals surface area contributed by atoms with E-state index in [2.05, 4.69) is 16.0 Å². The number of carbonyl (C=O) groups is 5. The summed E-state index contributed by atoms with van der Waals surface area (Å²) in [4.78, 5) is 71.7. The number of ether oxygens (including phenoxy) is 3. The summed E-state index contributed by atoms with van der Waals surface area (Å²) in [6.07, 6.45) is 0. The number of nitrogens with zero attached hydrogens (tertiary/aromatic N) is 4. The third-order valence-electron chi connectivity index (χ3n) is 7.12. The van der Waals surface area contributed by atoms with Crippen molar-refractivity contribution in [2.75, 3.05) is 98.7 Å². The summed E-state index contributed by atoms with van der Waals surface area (Å²) in [7, 11) is -3.37. The SMILES string of the molecule is CNCCNC(=O)C(NC(=O)CN1CCN(CC(=O)OC(C)(C)C)CCN(CC(=O)OC(C)(C)C)CCN(CC(=O)OC(C)(C)C)CC1)S(=O)(=O)O. The lowest BCUT2D eigenvalue weighted by Crippen LogP contribution is -2.55. The maximum absolute atomic E-state index is 13.2. The Morgan fingerprint density at radius 3 is 1.17 bits per heavy atom. The second kappa shape index (κ2) is 21.1. The van der Waals surface area contributed by atoms with Crippen LogP contribution in [0.5, 0.6) is 0 Å². The summed E-state index contributed by atoms with van der Waals surface area (Å²) in [5.41, 5.74) is -2.14. The highest BCUT2D eigenvalue weighted by atomic mass is 32.2. The van der Waals surface area contributed by atoms with Gasteiger partial charge < -0.3 is 30.2 Å². The van der Waals surface area contributed by atoms with Crippen LogP contribution in [0.2, 0.25) is 0 Å². The Balaban J connectivity index is 3.36. The van der Waals surface area contributed by atoms with Crippen LogP contribution in [0.4, 0.5) is 0 Å². The molecule has 19 heteroatoms. The van der Waals surface area contributed by atoms with Crippen molar-refractivity contribution in [2.45, 2.75) is 84.5 Å². The van der Waals surface area contributed by atoms with Gasteiger partial charge in [0.05, 0.1) is 26.2 Å². The van der Waals surface area contributed by atoms with E-state index in [9.17, 15) is 36.9 Å². The van der Waals surface area contributed by atoms with Crippen molar-refractivity contribution in [2.24, 2.45) is 0 Å². The number of nitrogens with one attached hydrogen (secondary N) is 3. The van der Waals surface area contributed by atoms with Crippen LogP contribution in [0.25, 0.3) is 0 Å². The maximum Gasteiger partial charge on any atom is 0.320 e. The summed E-state index contributed by atoms with van der Waals surface area (Å²) >= 11 is 0. The van der Waals surface area contributed by atoms with E-state index in [1.807, 2.05) is 14.7 Å². The molecule has 0 spiro atoms. The van der Waals surface area contributed by atoms with Crippen molar-refractivity contribution < 1.29 is 51.2 Å². The molecular formula is C33H63N7O11S. The number of rotatable bonds is 14. The van der Waals surface area contributed by atoms with Gasteiger partial charge in [-0.15, -0.1) is 0 Å². The molecule has 302 valence electrons. The summed E-state index contributed by atoms with van der Waals surface area (Å²) in [5.74, 6) is -3.30. The van der Waals surface area contributed by atoms with Gasteiger partial charge in [-0.2, -0.15) is 8.42 Å². The van der Waals surface area contributed by atoms with E-state index in [0.717, 1.165) is 0 Å². The molecule has 0 aromatic heterocycles. The molecule has 0 saturated carbocycles. The summed E-state index contributed by atoms with van der Waals surface area (Å²) < 4.78 is 50.5. The fourth-order valence-electron chi connectivity index (χ4n) is 4.95. The largest absolute Gasteiger partial charge is 0.459 e. The predicted octanol–water partition coefficient (Wildman–Crippen LogP) is -1.10. The van der Waals surface area contributed by atoms with Crippen LogP contribution in [-0.4, -0.2) is 183 Å². The van der Waals surface area contributed by atoms with E-state index >= 15 is 0 Å². The first-order valence-electron chi connectivity index (χ1n) is 17.5. The van der Waals surface area contributed by atoms with Gasteiger partial charge >= 0.3 is 17.9 Å². The smallest absolute Gasteiger partial charge is 0.320 e. The fourth-order valence-corrected chi connectivity index (χ4v) is 5.59. The van der Waals surface area contributed by atoms with Crippen LogP contribution in [0.15, 0.2) is 0 Å². The summed E-state index contributed by atoms with van der Waals surface area (Å²) in [5, 5.41) is 5.02. The third kappa shape index (κ3) is 22.2. The van der Waals surface area contributed by atoms with Crippen LogP contribution < -0.4 is 16.0 Å². The van der Waals surface area contributed by atoms with E-state index < -0.39 is 62.0 Å². The van der Waals surface area contributed by atoms with Gasteiger partial charge in [-0.05, 0) is 69.4 Å². The zero-order valence-electron chi connectivity index (χ0n) is 32.7. The minimum atomic E-state index is -5.01. The van der Waals surface area contributed by atoms with Gasteiger partial charge in [0.1, 0.15) is 16.8 Å². The highest BCUT2D eigenvalue weighted by Gasteiger charge is 2.33. The third-order valence-corrected chi connectivity index (χ3v) is 8.05. The van der Waals surface area contributed by atoms with Gasteiger partial charge in [0.2, 0.25) is 11.3 Å². The number of hydrogen-bond donors (Lipinski definition) is 4. The zero-order chi connectivity index (χ0) is 39.9. The lowest BCUT2D eigenvalue weighted by molar-refractivity contribution is -0.158. The van der Waals surface area contributed by atoms with Crippen LogP contribution in [-0.2, 0) is 48.3 Å². The first-order valence-corrected chi connectivity index (χ1v) is 19.0. The monoisotopic (exact) mass is 765 g/mol. The second-order valence-corrected chi connectivity index (χ2v) is 17.2. The molecule has 1 unspecified atom stereocenters. The van der Waals surface area contributed by atoms with Crippen LogP contribution in [0, 0.1) is 0 Å². The summed E-state index contributed by atoms with van der Waals surface area (Å²) in [6.45, 7) is 18.0. The average molecular weight is 766 g/mol. The molecular weight excluding hydrogens is 702 g/mol. The van der Waals surface area contributed by atoms with E-state index in [1.54, 1.807) is 74.3 Å². The normalized spacial score (nSPS) is 17.6. The molecule has 0 aromatic carbocycles. The van der Waals surface area contributed by atoms with Crippen molar-refractivity contribution in [3.05, 3.63) is 0 Å². The predicted molar refractivity (Wildman–Crippen MR) is 194 cm³/mol. The zero-order valence-corrected chi connectivity index (χ0v) is 33.5. The van der Waals surface area contributed by atoms with Crippen LogP contribution in [0.1, 0.15) is 62.3 Å². The lowest BCUT2D eigenvalue weighted by Gasteiger charge is -2.34. The van der Waals surface area contributed by atoms with Gasteiger partial charge in [0, 0.05) is 65.4 Å². The van der Waals surface area contributed by atoms with Gasteiger partial charge in [-0.3, -0.25) is 48.1 Å². The molecule has 18 nitrogen and oxygen atoms in total. The van der Waals surface area contributed by atoms with Crippen LogP contribution >= 0.6 is 0 Å². The maximum atomic E-state index is 13.2. The number of amides is 2. The first kappa shape index (κ1) is 47.1. The number of esters is 3. The number of likely N-dealkylation sites (N-methyl/N-ethyl adjacent to an activating group) is 1. The molecule has 1 fully saturated rings. The molecule has 0 aliphatic carbocycles. The standard InChI is InChI=1S/C33H63N7O11S/c1-31(2,3)49-26(42)22-38-15-13-37(21-25(41)36-30(52(46,47)48)29(45)35-12-11-34-10)14-16-39(23-27(43)50-32(4,5)6)18-20-40(19-17-38)24-28(44)51-33(7,8)9/h30,34H,11-24H2,1-10H3,(H,35,45)(H,36,41)(H,46,47,48). The molecule has 1 rings (SSSR count). The topological polar surface area (TPSA) is 216 Å². The van der Waals surface area contributed by atoms with Gasteiger partial charge in [0.15, 0.2) is 0 Å². The molecule has 52 heavy (non-hydrogen) atoms. The molecule has 1 saturated heterocycles. The Morgan fingerprint density at radius 2 is 0.904 bits per heavy atom. The molecule has 1 heterocycles. The van der Waals surface area contributed by atoms with E-state index in [1.165, 1.54) is 0 Å². The fraction of sp³-hybridized carbons (Fsp3) is 0.848. The Kier molecular flexibility index (Phi) is 19.1. The van der Waals surface area contributed by atoms with Crippen molar-refractivity contribution in [1.82, 2.24) is 35.6 Å². The number of hydrogen-bond acceptors (Lipinski definition) is 15. The van der Waals surface area contributed by atoms with Crippen molar-refractivity contribution >= 4 is 39.8 Å².